The quantitative estimate of drug-likeness (QED) is 0.596. The van der Waals surface area contributed by atoms with Crippen molar-refractivity contribution >= 4 is 0 Å². The average Bonchev–Trinajstić information content (AvgIpc) is 1.85. The van der Waals surface area contributed by atoms with Crippen LogP contribution in [0, 0.1) is 5.41 Å². The van der Waals surface area contributed by atoms with E-state index in [2.05, 4.69) is 40.7 Å². The summed E-state index contributed by atoms with van der Waals surface area (Å²) in [5.41, 5.74) is 9.41. The van der Waals surface area contributed by atoms with E-state index in [1.165, 1.54) is 11.1 Å². The molecule has 0 aromatic carbocycles. The molecule has 0 unspecified atom stereocenters. The van der Waals surface area contributed by atoms with E-state index in [0.717, 1.165) is 5.70 Å². The van der Waals surface area contributed by atoms with Crippen LogP contribution in [0.2, 0.25) is 0 Å². The first kappa shape index (κ1) is 11.3. The molecule has 1 heteroatoms. The first-order valence-electron chi connectivity index (χ1n) is 4.40. The van der Waals surface area contributed by atoms with Crippen molar-refractivity contribution in [3.05, 3.63) is 22.9 Å². The number of nitrogens with two attached hydrogens (primary N) is 1. The fourth-order valence-electron chi connectivity index (χ4n) is 1.42. The Morgan fingerprint density at radius 1 is 1.17 bits per heavy atom. The summed E-state index contributed by atoms with van der Waals surface area (Å²) in [7, 11) is 0. The van der Waals surface area contributed by atoms with Gasteiger partial charge in [0.2, 0.25) is 0 Å². The standard InChI is InChI=1S/C11H21N/c1-7-10(11(4,5)6)8(2)9(3)12/h7H,12H2,1-6H3/b9-8+,10-7+. The molecule has 0 aliphatic carbocycles. The van der Waals surface area contributed by atoms with E-state index in [-0.39, 0.29) is 5.41 Å². The van der Waals surface area contributed by atoms with Gasteiger partial charge in [-0.1, -0.05) is 26.8 Å². The van der Waals surface area contributed by atoms with Gasteiger partial charge in [-0.25, -0.2) is 0 Å². The fraction of sp³-hybridized carbons (Fsp3) is 0.636. The monoisotopic (exact) mass is 167 g/mol. The topological polar surface area (TPSA) is 26.0 Å². The molecule has 2 N–H and O–H groups in total. The van der Waals surface area contributed by atoms with Crippen LogP contribution in [0.15, 0.2) is 22.9 Å². The minimum atomic E-state index is 0.194. The zero-order valence-electron chi connectivity index (χ0n) is 9.15. The van der Waals surface area contributed by atoms with Crippen LogP contribution in [0.5, 0.6) is 0 Å². The summed E-state index contributed by atoms with van der Waals surface area (Å²) in [6.45, 7) is 12.7. The minimum Gasteiger partial charge on any atom is -0.402 e. The van der Waals surface area contributed by atoms with Crippen molar-refractivity contribution in [3.63, 3.8) is 0 Å². The van der Waals surface area contributed by atoms with E-state index in [9.17, 15) is 0 Å². The largest absolute Gasteiger partial charge is 0.402 e. The van der Waals surface area contributed by atoms with Crippen molar-refractivity contribution in [1.29, 1.82) is 0 Å². The van der Waals surface area contributed by atoms with E-state index in [0.29, 0.717) is 0 Å². The zero-order valence-corrected chi connectivity index (χ0v) is 9.15. The van der Waals surface area contributed by atoms with Crippen LogP contribution >= 0.6 is 0 Å². The molecule has 0 saturated carbocycles. The van der Waals surface area contributed by atoms with Crippen molar-refractivity contribution in [2.24, 2.45) is 11.1 Å². The Morgan fingerprint density at radius 3 is 1.67 bits per heavy atom. The third-order valence-electron chi connectivity index (χ3n) is 2.09. The molecule has 0 fully saturated rings. The predicted octanol–water partition coefficient (Wildman–Crippen LogP) is 3.23. The van der Waals surface area contributed by atoms with Crippen LogP contribution in [-0.4, -0.2) is 0 Å². The van der Waals surface area contributed by atoms with E-state index in [4.69, 9.17) is 5.73 Å². The molecule has 0 saturated heterocycles. The van der Waals surface area contributed by atoms with E-state index in [1.54, 1.807) is 0 Å². The van der Waals surface area contributed by atoms with E-state index in [1.807, 2.05) is 6.92 Å². The molecule has 0 aromatic heterocycles. The molecule has 0 bridgehead atoms. The lowest BCUT2D eigenvalue weighted by Crippen LogP contribution is -2.12. The van der Waals surface area contributed by atoms with E-state index >= 15 is 0 Å². The van der Waals surface area contributed by atoms with Crippen LogP contribution in [0.4, 0.5) is 0 Å². The second-order valence-corrected chi connectivity index (χ2v) is 4.26. The van der Waals surface area contributed by atoms with Gasteiger partial charge in [0.25, 0.3) is 0 Å². The Labute approximate surface area is 76.3 Å². The summed E-state index contributed by atoms with van der Waals surface area (Å²) in [5, 5.41) is 0. The number of rotatable bonds is 1. The van der Waals surface area contributed by atoms with Gasteiger partial charge >= 0.3 is 0 Å². The highest BCUT2D eigenvalue weighted by atomic mass is 14.6. The maximum Gasteiger partial charge on any atom is 0.00814 e. The average molecular weight is 167 g/mol. The Kier molecular flexibility index (Phi) is 3.56. The van der Waals surface area contributed by atoms with Crippen molar-refractivity contribution < 1.29 is 0 Å². The Hall–Kier alpha value is -0.720. The third kappa shape index (κ3) is 2.72. The first-order valence-corrected chi connectivity index (χ1v) is 4.40. The minimum absolute atomic E-state index is 0.194. The normalized spacial score (nSPS) is 16.0. The molecule has 0 heterocycles. The van der Waals surface area contributed by atoms with Crippen LogP contribution in [-0.2, 0) is 0 Å². The van der Waals surface area contributed by atoms with Gasteiger partial charge in [-0.15, -0.1) is 0 Å². The van der Waals surface area contributed by atoms with Gasteiger partial charge in [0, 0.05) is 5.70 Å². The van der Waals surface area contributed by atoms with Crippen LogP contribution < -0.4 is 5.73 Å². The summed E-state index contributed by atoms with van der Waals surface area (Å²) < 4.78 is 0. The molecule has 0 rings (SSSR count). The lowest BCUT2D eigenvalue weighted by atomic mass is 9.81. The molecule has 0 atom stereocenters. The Morgan fingerprint density at radius 2 is 1.58 bits per heavy atom. The fourth-order valence-corrected chi connectivity index (χ4v) is 1.42. The molecular formula is C11H21N. The summed E-state index contributed by atoms with van der Waals surface area (Å²) >= 11 is 0. The molecule has 0 aliphatic heterocycles. The highest BCUT2D eigenvalue weighted by molar-refractivity contribution is 5.35. The van der Waals surface area contributed by atoms with Gasteiger partial charge in [0.1, 0.15) is 0 Å². The lowest BCUT2D eigenvalue weighted by molar-refractivity contribution is 0.508. The number of hydrogen-bond donors (Lipinski definition) is 1. The van der Waals surface area contributed by atoms with Crippen molar-refractivity contribution in [3.8, 4) is 0 Å². The summed E-state index contributed by atoms with van der Waals surface area (Å²) in [6, 6.07) is 0. The second kappa shape index (κ2) is 3.79. The third-order valence-corrected chi connectivity index (χ3v) is 2.09. The maximum atomic E-state index is 5.75. The number of allylic oxidation sites excluding steroid dienone is 4. The Bertz CT molecular complexity index is 210. The van der Waals surface area contributed by atoms with Crippen molar-refractivity contribution in [1.82, 2.24) is 0 Å². The SMILES string of the molecule is C/C=C(\C(C)=C(/C)N)C(C)(C)C. The lowest BCUT2D eigenvalue weighted by Gasteiger charge is -2.24. The van der Waals surface area contributed by atoms with Crippen LogP contribution in [0.25, 0.3) is 0 Å². The molecule has 0 amide bonds. The van der Waals surface area contributed by atoms with Gasteiger partial charge in [-0.05, 0) is 37.3 Å². The van der Waals surface area contributed by atoms with Gasteiger partial charge in [-0.3, -0.25) is 0 Å². The zero-order chi connectivity index (χ0) is 9.94. The summed E-state index contributed by atoms with van der Waals surface area (Å²) in [5.74, 6) is 0. The second-order valence-electron chi connectivity index (χ2n) is 4.26. The highest BCUT2D eigenvalue weighted by Gasteiger charge is 2.17. The van der Waals surface area contributed by atoms with Gasteiger partial charge in [0.05, 0.1) is 0 Å². The van der Waals surface area contributed by atoms with E-state index < -0.39 is 0 Å². The Balaban J connectivity index is 5.00. The van der Waals surface area contributed by atoms with Crippen molar-refractivity contribution in [2.75, 3.05) is 0 Å². The molecule has 0 radical (unpaired) electrons. The molecule has 12 heavy (non-hydrogen) atoms. The summed E-state index contributed by atoms with van der Waals surface area (Å²) in [4.78, 5) is 0. The molecule has 1 nitrogen and oxygen atoms in total. The molecule has 0 aromatic rings. The number of hydrogen-bond acceptors (Lipinski definition) is 1. The molecule has 0 spiro atoms. The van der Waals surface area contributed by atoms with Gasteiger partial charge < -0.3 is 5.73 Å². The first-order chi connectivity index (χ1) is 5.30. The predicted molar refractivity (Wildman–Crippen MR) is 55.8 cm³/mol. The van der Waals surface area contributed by atoms with Gasteiger partial charge in [-0.2, -0.15) is 0 Å². The highest BCUT2D eigenvalue weighted by Crippen LogP contribution is 2.31. The van der Waals surface area contributed by atoms with Gasteiger partial charge in [0.15, 0.2) is 0 Å². The van der Waals surface area contributed by atoms with Crippen LogP contribution in [0.3, 0.4) is 0 Å². The summed E-state index contributed by atoms with van der Waals surface area (Å²) in [6.07, 6.45) is 2.14. The maximum absolute atomic E-state index is 5.75. The molecule has 70 valence electrons. The molecule has 0 aliphatic rings. The van der Waals surface area contributed by atoms with Crippen LogP contribution in [0.1, 0.15) is 41.5 Å². The smallest absolute Gasteiger partial charge is 0.00814 e. The molecular weight excluding hydrogens is 146 g/mol. The van der Waals surface area contributed by atoms with Crippen molar-refractivity contribution in [2.45, 2.75) is 41.5 Å².